The second kappa shape index (κ2) is 5.42. The summed E-state index contributed by atoms with van der Waals surface area (Å²) in [6.45, 7) is 0. The Morgan fingerprint density at radius 3 is 2.75 bits per heavy atom. The Hall–Kier alpha value is -2.21. The van der Waals surface area contributed by atoms with E-state index in [1.165, 1.54) is 36.0 Å². The summed E-state index contributed by atoms with van der Waals surface area (Å²) in [5, 5.41) is 8.71. The lowest BCUT2D eigenvalue weighted by Gasteiger charge is -2.00. The number of carbonyl (C=O) groups is 1. The number of pyridine rings is 1. The molecule has 0 N–H and O–H groups in total. The quantitative estimate of drug-likeness (QED) is 0.547. The highest BCUT2D eigenvalue weighted by Gasteiger charge is 2.10. The van der Waals surface area contributed by atoms with Crippen LogP contribution in [0.3, 0.4) is 0 Å². The van der Waals surface area contributed by atoms with Crippen LogP contribution in [0, 0.1) is 5.82 Å². The predicted molar refractivity (Wildman–Crippen MR) is 74.4 cm³/mol. The van der Waals surface area contributed by atoms with Crippen molar-refractivity contribution in [3.63, 3.8) is 0 Å². The average molecular weight is 287 g/mol. The third-order valence-electron chi connectivity index (χ3n) is 2.78. The SMILES string of the molecule is O=C(CSc1nnc2ccccn12)c1ccc(F)cc1. The van der Waals surface area contributed by atoms with E-state index in [4.69, 9.17) is 0 Å². The zero-order chi connectivity index (χ0) is 13.9. The summed E-state index contributed by atoms with van der Waals surface area (Å²) in [5.41, 5.74) is 1.23. The molecule has 0 aliphatic rings. The van der Waals surface area contributed by atoms with Crippen LogP contribution in [0.15, 0.2) is 53.8 Å². The molecule has 1 aromatic carbocycles. The fraction of sp³-hybridized carbons (Fsp3) is 0.0714. The van der Waals surface area contributed by atoms with Gasteiger partial charge in [0.25, 0.3) is 0 Å². The van der Waals surface area contributed by atoms with Gasteiger partial charge < -0.3 is 0 Å². The summed E-state index contributed by atoms with van der Waals surface area (Å²) < 4.78 is 14.6. The van der Waals surface area contributed by atoms with Crippen molar-refractivity contribution < 1.29 is 9.18 Å². The molecule has 0 saturated heterocycles. The van der Waals surface area contributed by atoms with Crippen molar-refractivity contribution in [2.75, 3.05) is 5.75 Å². The molecule has 3 aromatic rings. The molecule has 0 saturated carbocycles. The molecular weight excluding hydrogens is 277 g/mol. The maximum Gasteiger partial charge on any atom is 0.196 e. The molecule has 20 heavy (non-hydrogen) atoms. The van der Waals surface area contributed by atoms with E-state index in [2.05, 4.69) is 10.2 Å². The van der Waals surface area contributed by atoms with Gasteiger partial charge in [0.1, 0.15) is 5.82 Å². The molecule has 0 fully saturated rings. The number of carbonyl (C=O) groups excluding carboxylic acids is 1. The van der Waals surface area contributed by atoms with E-state index in [-0.39, 0.29) is 17.4 Å². The molecule has 0 aliphatic heterocycles. The fourth-order valence-electron chi connectivity index (χ4n) is 1.77. The molecule has 4 nitrogen and oxygen atoms in total. The zero-order valence-corrected chi connectivity index (χ0v) is 11.2. The van der Waals surface area contributed by atoms with Gasteiger partial charge in [-0.3, -0.25) is 9.20 Å². The summed E-state index contributed by atoms with van der Waals surface area (Å²) in [4.78, 5) is 12.0. The molecule has 0 radical (unpaired) electrons. The minimum atomic E-state index is -0.349. The first-order chi connectivity index (χ1) is 9.74. The highest BCUT2D eigenvalue weighted by Crippen LogP contribution is 2.18. The molecule has 2 heterocycles. The monoisotopic (exact) mass is 287 g/mol. The van der Waals surface area contributed by atoms with Gasteiger partial charge in [-0.2, -0.15) is 0 Å². The van der Waals surface area contributed by atoms with E-state index in [1.54, 1.807) is 0 Å². The van der Waals surface area contributed by atoms with Crippen molar-refractivity contribution in [1.82, 2.24) is 14.6 Å². The molecule has 0 spiro atoms. The molecule has 0 unspecified atom stereocenters. The number of halogens is 1. The Kier molecular flexibility index (Phi) is 3.47. The highest BCUT2D eigenvalue weighted by atomic mass is 32.2. The largest absolute Gasteiger partial charge is 0.293 e. The number of benzene rings is 1. The minimum Gasteiger partial charge on any atom is -0.293 e. The van der Waals surface area contributed by atoms with Gasteiger partial charge in [-0.15, -0.1) is 10.2 Å². The molecular formula is C14H10FN3OS. The van der Waals surface area contributed by atoms with Crippen LogP contribution in [0.25, 0.3) is 5.65 Å². The number of aromatic nitrogens is 3. The van der Waals surface area contributed by atoms with Gasteiger partial charge in [0.05, 0.1) is 5.75 Å². The second-order valence-corrected chi connectivity index (χ2v) is 5.07. The van der Waals surface area contributed by atoms with E-state index < -0.39 is 0 Å². The molecule has 0 aliphatic carbocycles. The number of hydrogen-bond donors (Lipinski definition) is 0. The number of fused-ring (bicyclic) bond motifs is 1. The Morgan fingerprint density at radius 1 is 1.15 bits per heavy atom. The average Bonchev–Trinajstić information content (AvgIpc) is 2.89. The number of ketones is 1. The van der Waals surface area contributed by atoms with Crippen LogP contribution in [-0.2, 0) is 0 Å². The summed E-state index contributed by atoms with van der Waals surface area (Å²) in [6.07, 6.45) is 1.85. The first-order valence-electron chi connectivity index (χ1n) is 5.95. The third kappa shape index (κ3) is 2.55. The Labute approximate surface area is 118 Å². The van der Waals surface area contributed by atoms with Crippen LogP contribution in [-0.4, -0.2) is 26.1 Å². The van der Waals surface area contributed by atoms with Gasteiger partial charge in [0, 0.05) is 11.8 Å². The second-order valence-electron chi connectivity index (χ2n) is 4.13. The molecule has 3 rings (SSSR count). The van der Waals surface area contributed by atoms with E-state index in [9.17, 15) is 9.18 Å². The minimum absolute atomic E-state index is 0.0670. The topological polar surface area (TPSA) is 47.3 Å². The molecule has 0 bridgehead atoms. The van der Waals surface area contributed by atoms with Gasteiger partial charge in [-0.05, 0) is 36.4 Å². The molecule has 2 aromatic heterocycles. The molecule has 6 heteroatoms. The first-order valence-corrected chi connectivity index (χ1v) is 6.94. The smallest absolute Gasteiger partial charge is 0.196 e. The number of rotatable bonds is 4. The van der Waals surface area contributed by atoms with E-state index in [0.717, 1.165) is 5.65 Å². The Bertz CT molecular complexity index is 754. The van der Waals surface area contributed by atoms with Gasteiger partial charge in [0.2, 0.25) is 0 Å². The first kappa shape index (κ1) is 12.8. The van der Waals surface area contributed by atoms with Gasteiger partial charge in [-0.25, -0.2) is 4.39 Å². The zero-order valence-electron chi connectivity index (χ0n) is 10.4. The van der Waals surface area contributed by atoms with Crippen LogP contribution in [0.1, 0.15) is 10.4 Å². The standard InChI is InChI=1S/C14H10FN3OS/c15-11-6-4-10(5-7-11)12(19)9-20-14-17-16-13-3-1-2-8-18(13)14/h1-8H,9H2. The predicted octanol–water partition coefficient (Wildman–Crippen LogP) is 2.84. The Balaban J connectivity index is 1.73. The van der Waals surface area contributed by atoms with Gasteiger partial charge in [0.15, 0.2) is 16.6 Å². The van der Waals surface area contributed by atoms with Crippen molar-refractivity contribution in [2.24, 2.45) is 0 Å². The summed E-state index contributed by atoms with van der Waals surface area (Å²) in [5.74, 6) is -0.179. The van der Waals surface area contributed by atoms with Crippen molar-refractivity contribution in [1.29, 1.82) is 0 Å². The maximum absolute atomic E-state index is 12.8. The van der Waals surface area contributed by atoms with Crippen LogP contribution >= 0.6 is 11.8 Å². The van der Waals surface area contributed by atoms with Gasteiger partial charge >= 0.3 is 0 Å². The molecule has 0 amide bonds. The number of Topliss-reactive ketones (excluding diaryl/α,β-unsaturated/α-hetero) is 1. The van der Waals surface area contributed by atoms with Crippen LogP contribution in [0.4, 0.5) is 4.39 Å². The summed E-state index contributed by atoms with van der Waals surface area (Å²) in [6, 6.07) is 11.1. The van der Waals surface area contributed by atoms with Crippen molar-refractivity contribution >= 4 is 23.2 Å². The maximum atomic E-state index is 12.8. The number of hydrogen-bond acceptors (Lipinski definition) is 4. The van der Waals surface area contributed by atoms with Crippen LogP contribution in [0.2, 0.25) is 0 Å². The van der Waals surface area contributed by atoms with Crippen molar-refractivity contribution in [3.8, 4) is 0 Å². The lowest BCUT2D eigenvalue weighted by molar-refractivity contribution is 0.102. The lowest BCUT2D eigenvalue weighted by Crippen LogP contribution is -2.03. The van der Waals surface area contributed by atoms with Crippen molar-refractivity contribution in [2.45, 2.75) is 5.16 Å². The van der Waals surface area contributed by atoms with Crippen molar-refractivity contribution in [3.05, 3.63) is 60.0 Å². The Morgan fingerprint density at radius 2 is 1.95 bits per heavy atom. The number of thioether (sulfide) groups is 1. The van der Waals surface area contributed by atoms with E-state index in [0.29, 0.717) is 10.7 Å². The summed E-state index contributed by atoms with van der Waals surface area (Å²) >= 11 is 1.31. The van der Waals surface area contributed by atoms with E-state index in [1.807, 2.05) is 28.8 Å². The van der Waals surface area contributed by atoms with Crippen LogP contribution in [0.5, 0.6) is 0 Å². The molecule has 0 atom stereocenters. The fourth-order valence-corrected chi connectivity index (χ4v) is 2.59. The highest BCUT2D eigenvalue weighted by molar-refractivity contribution is 7.99. The van der Waals surface area contributed by atoms with Gasteiger partial charge in [-0.1, -0.05) is 17.8 Å². The summed E-state index contributed by atoms with van der Waals surface area (Å²) in [7, 11) is 0. The normalized spacial score (nSPS) is 10.8. The van der Waals surface area contributed by atoms with E-state index >= 15 is 0 Å². The number of nitrogens with zero attached hydrogens (tertiary/aromatic N) is 3. The lowest BCUT2D eigenvalue weighted by atomic mass is 10.1. The van der Waals surface area contributed by atoms with Crippen LogP contribution < -0.4 is 0 Å². The molecule has 100 valence electrons. The third-order valence-corrected chi connectivity index (χ3v) is 3.72.